The highest BCUT2D eigenvalue weighted by Gasteiger charge is 2.31. The summed E-state index contributed by atoms with van der Waals surface area (Å²) in [6, 6.07) is 9.30. The van der Waals surface area contributed by atoms with E-state index in [9.17, 15) is 13.2 Å². The highest BCUT2D eigenvalue weighted by Crippen LogP contribution is 2.57. The molecule has 7 aromatic rings. The van der Waals surface area contributed by atoms with Crippen molar-refractivity contribution in [1.82, 2.24) is 4.98 Å². The first-order valence-corrected chi connectivity index (χ1v) is 16.6. The zero-order valence-corrected chi connectivity index (χ0v) is 25.4. The fourth-order valence-corrected chi connectivity index (χ4v) is 12.7. The van der Waals surface area contributed by atoms with Crippen LogP contribution in [-0.2, 0) is 6.18 Å². The lowest BCUT2D eigenvalue weighted by atomic mass is 10.0. The SMILES string of the molecule is Cc1cc(-c2sc3c(sc4c5sc(-c6ccc(C(F)(F)F)cn6)cc5sc34)c2-c2cc(C)sc2C)c(C)s1. The standard InChI is InChI=1S/C28H18F3NS6/c1-11-7-16(13(3)33-11)21-22(17-8-12(2)34-14(17)4)37-26-24(21)38-25-23-20(36-27(25)26)9-19(35-23)18-6-5-15(10-32-18)28(29,30)31/h5-10H,1-4H3. The van der Waals surface area contributed by atoms with Gasteiger partial charge in [-0.05, 0) is 63.6 Å². The van der Waals surface area contributed by atoms with Crippen LogP contribution in [0.15, 0.2) is 36.5 Å². The van der Waals surface area contributed by atoms with E-state index in [1.165, 1.54) is 70.6 Å². The molecule has 7 heterocycles. The van der Waals surface area contributed by atoms with Gasteiger partial charge < -0.3 is 0 Å². The molecular weight excluding hydrogens is 600 g/mol. The summed E-state index contributed by atoms with van der Waals surface area (Å²) in [5.74, 6) is 0. The highest BCUT2D eigenvalue weighted by molar-refractivity contribution is 7.45. The van der Waals surface area contributed by atoms with Crippen molar-refractivity contribution in [3.05, 3.63) is 61.6 Å². The predicted molar refractivity (Wildman–Crippen MR) is 164 cm³/mol. The van der Waals surface area contributed by atoms with E-state index in [-0.39, 0.29) is 0 Å². The molecule has 0 fully saturated rings. The number of nitrogens with zero attached hydrogens (tertiary/aromatic N) is 1. The second-order valence-corrected chi connectivity index (χ2v) is 16.3. The average molecular weight is 618 g/mol. The molecule has 0 saturated heterocycles. The Morgan fingerprint density at radius 3 is 1.92 bits per heavy atom. The lowest BCUT2D eigenvalue weighted by Crippen LogP contribution is -2.04. The molecule has 0 unspecified atom stereocenters. The number of hydrogen-bond donors (Lipinski definition) is 0. The summed E-state index contributed by atoms with van der Waals surface area (Å²) in [4.78, 5) is 11.7. The van der Waals surface area contributed by atoms with Crippen LogP contribution in [0.5, 0.6) is 0 Å². The monoisotopic (exact) mass is 617 g/mol. The molecular formula is C28H18F3NS6. The van der Waals surface area contributed by atoms with Crippen molar-refractivity contribution in [1.29, 1.82) is 0 Å². The van der Waals surface area contributed by atoms with Gasteiger partial charge in [0, 0.05) is 46.4 Å². The lowest BCUT2D eigenvalue weighted by Gasteiger charge is -2.05. The number of fused-ring (bicyclic) bond motifs is 5. The maximum Gasteiger partial charge on any atom is 0.417 e. The van der Waals surface area contributed by atoms with Crippen molar-refractivity contribution in [2.75, 3.05) is 0 Å². The number of aromatic nitrogens is 1. The largest absolute Gasteiger partial charge is 0.417 e. The minimum absolute atomic E-state index is 0.577. The predicted octanol–water partition coefficient (Wildman–Crippen LogP) is 12.2. The first-order valence-electron chi connectivity index (χ1n) is 11.7. The number of aryl methyl sites for hydroxylation is 4. The van der Waals surface area contributed by atoms with Crippen LogP contribution in [0, 0.1) is 27.7 Å². The highest BCUT2D eigenvalue weighted by atomic mass is 32.1. The van der Waals surface area contributed by atoms with Crippen LogP contribution >= 0.6 is 68.0 Å². The van der Waals surface area contributed by atoms with Gasteiger partial charge in [0.25, 0.3) is 0 Å². The van der Waals surface area contributed by atoms with Crippen LogP contribution < -0.4 is 0 Å². The quantitative estimate of drug-likeness (QED) is 0.192. The van der Waals surface area contributed by atoms with E-state index in [1.807, 2.05) is 45.3 Å². The van der Waals surface area contributed by atoms with Crippen LogP contribution in [-0.4, -0.2) is 4.98 Å². The van der Waals surface area contributed by atoms with Gasteiger partial charge in [-0.2, -0.15) is 13.2 Å². The van der Waals surface area contributed by atoms with Gasteiger partial charge in [-0.1, -0.05) is 0 Å². The molecule has 0 saturated carbocycles. The zero-order chi connectivity index (χ0) is 26.5. The number of thiophene rings is 6. The Kier molecular flexibility index (Phi) is 5.71. The van der Waals surface area contributed by atoms with E-state index in [1.54, 1.807) is 22.7 Å². The molecule has 192 valence electrons. The Morgan fingerprint density at radius 2 is 1.32 bits per heavy atom. The molecule has 0 N–H and O–H groups in total. The Labute approximate surface area is 240 Å². The van der Waals surface area contributed by atoms with E-state index in [2.05, 4.69) is 50.9 Å². The average Bonchev–Trinajstić information content (AvgIpc) is 3.65. The summed E-state index contributed by atoms with van der Waals surface area (Å²) in [5, 5.41) is 0. The number of halogens is 3. The summed E-state index contributed by atoms with van der Waals surface area (Å²) in [6.45, 7) is 8.77. The maximum absolute atomic E-state index is 13.0. The summed E-state index contributed by atoms with van der Waals surface area (Å²) < 4.78 is 46.6. The zero-order valence-electron chi connectivity index (χ0n) is 20.5. The van der Waals surface area contributed by atoms with Crippen molar-refractivity contribution in [3.8, 4) is 32.1 Å². The van der Waals surface area contributed by atoms with Crippen molar-refractivity contribution in [2.45, 2.75) is 33.9 Å². The molecule has 0 aliphatic carbocycles. The number of pyridine rings is 1. The Bertz CT molecular complexity index is 2000. The van der Waals surface area contributed by atoms with E-state index in [4.69, 9.17) is 0 Å². The second-order valence-electron chi connectivity index (χ2n) is 9.21. The topological polar surface area (TPSA) is 12.9 Å². The van der Waals surface area contributed by atoms with Gasteiger partial charge in [-0.15, -0.1) is 68.0 Å². The first-order chi connectivity index (χ1) is 18.1. The Balaban J connectivity index is 1.43. The minimum Gasteiger partial charge on any atom is -0.255 e. The van der Waals surface area contributed by atoms with E-state index >= 15 is 0 Å². The molecule has 0 atom stereocenters. The summed E-state index contributed by atoms with van der Waals surface area (Å²) in [6.07, 6.45) is -3.46. The van der Waals surface area contributed by atoms with Crippen molar-refractivity contribution in [3.63, 3.8) is 0 Å². The van der Waals surface area contributed by atoms with Gasteiger partial charge in [0.2, 0.25) is 0 Å². The van der Waals surface area contributed by atoms with Gasteiger partial charge >= 0.3 is 6.18 Å². The summed E-state index contributed by atoms with van der Waals surface area (Å²) in [5.41, 5.74) is 3.85. The second kappa shape index (κ2) is 8.71. The van der Waals surface area contributed by atoms with Crippen LogP contribution in [0.25, 0.3) is 60.3 Å². The third-order valence-electron chi connectivity index (χ3n) is 6.54. The molecule has 10 heteroatoms. The number of rotatable bonds is 3. The van der Waals surface area contributed by atoms with Crippen molar-refractivity contribution in [2.24, 2.45) is 0 Å². The van der Waals surface area contributed by atoms with Crippen LogP contribution in [0.2, 0.25) is 0 Å². The van der Waals surface area contributed by atoms with Crippen LogP contribution in [0.4, 0.5) is 13.2 Å². The number of hydrogen-bond acceptors (Lipinski definition) is 7. The first kappa shape index (κ1) is 24.9. The van der Waals surface area contributed by atoms with Crippen molar-refractivity contribution < 1.29 is 13.2 Å². The molecule has 7 aromatic heterocycles. The molecule has 7 rings (SSSR count). The third-order valence-corrected chi connectivity index (χ3v) is 13.9. The van der Waals surface area contributed by atoms with E-state index in [0.717, 1.165) is 21.8 Å². The fraction of sp³-hybridized carbons (Fsp3) is 0.179. The van der Waals surface area contributed by atoms with Gasteiger partial charge in [0.15, 0.2) is 0 Å². The minimum atomic E-state index is -4.38. The number of alkyl halides is 3. The molecule has 0 radical (unpaired) electrons. The molecule has 0 spiro atoms. The van der Waals surface area contributed by atoms with Gasteiger partial charge in [-0.3, -0.25) is 4.98 Å². The Hall–Kier alpha value is -2.08. The van der Waals surface area contributed by atoms with E-state index < -0.39 is 11.7 Å². The molecule has 0 amide bonds. The van der Waals surface area contributed by atoms with Crippen molar-refractivity contribution >= 4 is 96.2 Å². The molecule has 1 nitrogen and oxygen atoms in total. The van der Waals surface area contributed by atoms with Gasteiger partial charge in [0.05, 0.1) is 39.6 Å². The van der Waals surface area contributed by atoms with Gasteiger partial charge in [-0.25, -0.2) is 0 Å². The smallest absolute Gasteiger partial charge is 0.255 e. The van der Waals surface area contributed by atoms with Crippen LogP contribution in [0.3, 0.4) is 0 Å². The van der Waals surface area contributed by atoms with E-state index in [0.29, 0.717) is 5.69 Å². The molecule has 0 bridgehead atoms. The lowest BCUT2D eigenvalue weighted by molar-refractivity contribution is -0.137. The summed E-state index contributed by atoms with van der Waals surface area (Å²) >= 11 is 10.8. The van der Waals surface area contributed by atoms with Gasteiger partial charge in [0.1, 0.15) is 0 Å². The van der Waals surface area contributed by atoms with Crippen LogP contribution in [0.1, 0.15) is 25.1 Å². The molecule has 0 aromatic carbocycles. The molecule has 0 aliphatic rings. The fourth-order valence-electron chi connectivity index (χ4n) is 4.88. The molecule has 38 heavy (non-hydrogen) atoms. The normalized spacial score (nSPS) is 12.6. The maximum atomic E-state index is 13.0. The molecule has 0 aliphatic heterocycles. The summed E-state index contributed by atoms with van der Waals surface area (Å²) in [7, 11) is 0. The third kappa shape index (κ3) is 3.83. The Morgan fingerprint density at radius 1 is 0.658 bits per heavy atom.